The predicted molar refractivity (Wildman–Crippen MR) is 70.4 cm³/mol. The minimum atomic E-state index is -3.77. The molecule has 2 heterocycles. The first kappa shape index (κ1) is 12.8. The second kappa shape index (κ2) is 4.58. The maximum atomic E-state index is 12.0. The number of nitrogens with one attached hydrogen (secondary N) is 1. The third-order valence-corrected chi connectivity index (χ3v) is 3.92. The molecule has 0 atom stereocenters. The maximum Gasteiger partial charge on any atom is 0.268 e. The summed E-state index contributed by atoms with van der Waals surface area (Å²) in [7, 11) is -2.18. The number of aryl methyl sites for hydroxylation is 1. The van der Waals surface area contributed by atoms with Gasteiger partial charge in [-0.15, -0.1) is 0 Å². The van der Waals surface area contributed by atoms with E-state index < -0.39 is 10.0 Å². The summed E-state index contributed by atoms with van der Waals surface area (Å²) in [5.74, 6) is 0.156. The summed E-state index contributed by atoms with van der Waals surface area (Å²) in [6.07, 6.45) is 2.82. The molecule has 0 aliphatic carbocycles. The maximum absolute atomic E-state index is 12.0. The van der Waals surface area contributed by atoms with E-state index in [4.69, 9.17) is 5.73 Å². The van der Waals surface area contributed by atoms with E-state index >= 15 is 0 Å². The van der Waals surface area contributed by atoms with Gasteiger partial charge in [0.25, 0.3) is 10.0 Å². The zero-order chi connectivity index (χ0) is 13.3. The Morgan fingerprint density at radius 1 is 1.44 bits per heavy atom. The van der Waals surface area contributed by atoms with E-state index in [1.54, 1.807) is 13.1 Å². The monoisotopic (exact) mass is 331 g/mol. The Hall–Kier alpha value is -1.61. The van der Waals surface area contributed by atoms with Gasteiger partial charge >= 0.3 is 0 Å². The molecule has 0 saturated carbocycles. The van der Waals surface area contributed by atoms with Crippen LogP contribution in [-0.2, 0) is 17.1 Å². The van der Waals surface area contributed by atoms with Gasteiger partial charge in [-0.05, 0) is 28.1 Å². The van der Waals surface area contributed by atoms with Crippen LogP contribution in [0.3, 0.4) is 0 Å². The smallest absolute Gasteiger partial charge is 0.268 e. The van der Waals surface area contributed by atoms with E-state index in [1.807, 2.05) is 0 Å². The molecule has 2 aromatic heterocycles. The Kier molecular flexibility index (Phi) is 3.26. The van der Waals surface area contributed by atoms with Gasteiger partial charge in [0, 0.05) is 23.9 Å². The number of nitrogen functional groups attached to an aromatic ring is 1. The lowest BCUT2D eigenvalue weighted by Crippen LogP contribution is -2.14. The highest BCUT2D eigenvalue weighted by Gasteiger charge is 2.21. The van der Waals surface area contributed by atoms with Gasteiger partial charge in [0.1, 0.15) is 10.7 Å². The average molecular weight is 332 g/mol. The highest BCUT2D eigenvalue weighted by atomic mass is 79.9. The molecule has 0 bridgehead atoms. The number of nitrogens with two attached hydrogens (primary N) is 1. The van der Waals surface area contributed by atoms with Gasteiger partial charge in [-0.2, -0.15) is 5.10 Å². The third kappa shape index (κ3) is 2.62. The van der Waals surface area contributed by atoms with Crippen LogP contribution < -0.4 is 10.5 Å². The van der Waals surface area contributed by atoms with Crippen LogP contribution in [0.2, 0.25) is 0 Å². The minimum Gasteiger partial charge on any atom is -0.381 e. The van der Waals surface area contributed by atoms with Crippen LogP contribution in [0.5, 0.6) is 0 Å². The lowest BCUT2D eigenvalue weighted by Gasteiger charge is -2.05. The predicted octanol–water partition coefficient (Wildman–Crippen LogP) is 0.961. The number of pyridine rings is 1. The van der Waals surface area contributed by atoms with Crippen molar-refractivity contribution in [3.63, 3.8) is 0 Å². The lowest BCUT2D eigenvalue weighted by atomic mass is 10.5. The molecule has 0 fully saturated rings. The molecule has 9 heteroatoms. The normalized spacial score (nSPS) is 11.4. The molecule has 3 N–H and O–H groups in total. The molecule has 0 radical (unpaired) electrons. The molecule has 7 nitrogen and oxygen atoms in total. The van der Waals surface area contributed by atoms with Crippen molar-refractivity contribution in [2.24, 2.45) is 7.05 Å². The zero-order valence-corrected chi connectivity index (χ0v) is 11.7. The largest absolute Gasteiger partial charge is 0.381 e. The van der Waals surface area contributed by atoms with Gasteiger partial charge < -0.3 is 5.73 Å². The Labute approximate surface area is 112 Å². The van der Waals surface area contributed by atoms with Crippen molar-refractivity contribution in [1.29, 1.82) is 0 Å². The molecule has 0 aromatic carbocycles. The molecule has 18 heavy (non-hydrogen) atoms. The molecule has 0 spiro atoms. The molecule has 96 valence electrons. The van der Waals surface area contributed by atoms with Crippen molar-refractivity contribution in [3.8, 4) is 0 Å². The van der Waals surface area contributed by atoms with Gasteiger partial charge in [-0.1, -0.05) is 0 Å². The fourth-order valence-electron chi connectivity index (χ4n) is 1.32. The summed E-state index contributed by atoms with van der Waals surface area (Å²) in [5, 5.41) is 3.78. The molecule has 2 rings (SSSR count). The topological polar surface area (TPSA) is 103 Å². The number of aromatic nitrogens is 3. The number of rotatable bonds is 3. The molecule has 0 unspecified atom stereocenters. The molecule has 0 aliphatic rings. The van der Waals surface area contributed by atoms with E-state index in [9.17, 15) is 8.42 Å². The minimum absolute atomic E-state index is 0.0536. The van der Waals surface area contributed by atoms with Crippen LogP contribution in [0.25, 0.3) is 0 Å². The van der Waals surface area contributed by atoms with Crippen molar-refractivity contribution >= 4 is 37.6 Å². The highest BCUT2D eigenvalue weighted by molar-refractivity contribution is 9.10. The van der Waals surface area contributed by atoms with E-state index in [0.29, 0.717) is 0 Å². The number of halogens is 1. The van der Waals surface area contributed by atoms with Crippen molar-refractivity contribution in [3.05, 3.63) is 29.0 Å². The first-order valence-electron chi connectivity index (χ1n) is 4.82. The summed E-state index contributed by atoms with van der Waals surface area (Å²) < 4.78 is 28.5. The van der Waals surface area contributed by atoms with Crippen LogP contribution in [0.1, 0.15) is 0 Å². The van der Waals surface area contributed by atoms with Crippen LogP contribution in [0.15, 0.2) is 33.9 Å². The fourth-order valence-corrected chi connectivity index (χ4v) is 2.67. The number of anilines is 2. The zero-order valence-electron chi connectivity index (χ0n) is 9.33. The summed E-state index contributed by atoms with van der Waals surface area (Å²) in [5.41, 5.74) is 5.53. The Bertz CT molecular complexity index is 665. The second-order valence-electron chi connectivity index (χ2n) is 3.52. The first-order valence-corrected chi connectivity index (χ1v) is 7.09. The molecule has 0 amide bonds. The average Bonchev–Trinajstić information content (AvgIpc) is 2.62. The van der Waals surface area contributed by atoms with E-state index in [0.717, 1.165) is 4.47 Å². The highest BCUT2D eigenvalue weighted by Crippen LogP contribution is 2.19. The SMILES string of the molecule is Cn1cc(S(=O)(=O)Nc2ccc(Br)cn2)c(N)n1. The second-order valence-corrected chi connectivity index (χ2v) is 6.09. The quantitative estimate of drug-likeness (QED) is 0.871. The van der Waals surface area contributed by atoms with Gasteiger partial charge in [-0.25, -0.2) is 13.4 Å². The lowest BCUT2D eigenvalue weighted by molar-refractivity contribution is 0.601. The van der Waals surface area contributed by atoms with E-state index in [-0.39, 0.29) is 16.5 Å². The van der Waals surface area contributed by atoms with Gasteiger partial charge in [0.2, 0.25) is 0 Å². The van der Waals surface area contributed by atoms with Crippen LogP contribution in [0, 0.1) is 0 Å². The van der Waals surface area contributed by atoms with Gasteiger partial charge in [0.15, 0.2) is 5.82 Å². The van der Waals surface area contributed by atoms with Crippen LogP contribution in [0.4, 0.5) is 11.6 Å². The molecular formula is C9H10BrN5O2S. The summed E-state index contributed by atoms with van der Waals surface area (Å²) in [4.78, 5) is 3.85. The standard InChI is InChI=1S/C9H10BrN5O2S/c1-15-5-7(9(11)13-15)18(16,17)14-8-3-2-6(10)4-12-8/h2-5H,1H3,(H2,11,13)(H,12,14). The van der Waals surface area contributed by atoms with Gasteiger partial charge in [-0.3, -0.25) is 9.40 Å². The summed E-state index contributed by atoms with van der Waals surface area (Å²) >= 11 is 3.21. The first-order chi connectivity index (χ1) is 8.38. The summed E-state index contributed by atoms with van der Waals surface area (Å²) in [6.45, 7) is 0. The van der Waals surface area contributed by atoms with Crippen LogP contribution in [-0.4, -0.2) is 23.2 Å². The van der Waals surface area contributed by atoms with Crippen molar-refractivity contribution in [2.75, 3.05) is 10.5 Å². The van der Waals surface area contributed by atoms with Crippen LogP contribution >= 0.6 is 15.9 Å². The van der Waals surface area contributed by atoms with Crippen molar-refractivity contribution in [2.45, 2.75) is 4.90 Å². The summed E-state index contributed by atoms with van der Waals surface area (Å²) in [6, 6.07) is 3.21. The van der Waals surface area contributed by atoms with Gasteiger partial charge in [0.05, 0.1) is 0 Å². The molecule has 0 aliphatic heterocycles. The Morgan fingerprint density at radius 2 is 2.17 bits per heavy atom. The third-order valence-electron chi connectivity index (χ3n) is 2.08. The van der Waals surface area contributed by atoms with E-state index in [2.05, 4.69) is 30.7 Å². The molecule has 0 saturated heterocycles. The number of hydrogen-bond donors (Lipinski definition) is 2. The number of nitrogens with zero attached hydrogens (tertiary/aromatic N) is 3. The fraction of sp³-hybridized carbons (Fsp3) is 0.111. The Morgan fingerprint density at radius 3 is 2.67 bits per heavy atom. The Balaban J connectivity index is 2.33. The molecule has 2 aromatic rings. The van der Waals surface area contributed by atoms with Crippen molar-refractivity contribution < 1.29 is 8.42 Å². The van der Waals surface area contributed by atoms with E-state index in [1.165, 1.54) is 23.1 Å². The molecular weight excluding hydrogens is 322 g/mol. The number of hydrogen-bond acceptors (Lipinski definition) is 5. The number of sulfonamides is 1. The van der Waals surface area contributed by atoms with Crippen molar-refractivity contribution in [1.82, 2.24) is 14.8 Å².